The molecule has 0 amide bonds. The largest absolute Gasteiger partial charge is 0.381 e. The summed E-state index contributed by atoms with van der Waals surface area (Å²) < 4.78 is 5.19. The van der Waals surface area contributed by atoms with Crippen LogP contribution in [0, 0.1) is 11.3 Å². The van der Waals surface area contributed by atoms with E-state index < -0.39 is 0 Å². The standard InChI is InChI=1S/C11H21NO.2C2H6/c1-11(2)3-5-12(6-4-11)7-10-8-13-9-10;2*1-2/h10H,3-9H2,1-2H3;2*1-2H3. The second-order valence-electron chi connectivity index (χ2n) is 5.37. The smallest absolute Gasteiger partial charge is 0.0528 e. The van der Waals surface area contributed by atoms with Gasteiger partial charge in [-0.2, -0.15) is 0 Å². The van der Waals surface area contributed by atoms with E-state index in [1.54, 1.807) is 0 Å². The molecular weight excluding hydrogens is 210 g/mol. The summed E-state index contributed by atoms with van der Waals surface area (Å²) in [5.74, 6) is 0.834. The highest BCUT2D eigenvalue weighted by Crippen LogP contribution is 2.30. The average molecular weight is 243 g/mol. The summed E-state index contributed by atoms with van der Waals surface area (Å²) in [5.41, 5.74) is 0.590. The van der Waals surface area contributed by atoms with E-state index in [1.165, 1.54) is 32.5 Å². The van der Waals surface area contributed by atoms with Crippen molar-refractivity contribution in [2.75, 3.05) is 32.8 Å². The zero-order valence-corrected chi connectivity index (χ0v) is 12.9. The van der Waals surface area contributed by atoms with E-state index in [-0.39, 0.29) is 0 Å². The van der Waals surface area contributed by atoms with E-state index in [2.05, 4.69) is 18.7 Å². The van der Waals surface area contributed by atoms with Gasteiger partial charge in [-0.05, 0) is 31.3 Å². The molecule has 0 unspecified atom stereocenters. The molecule has 0 bridgehead atoms. The molecule has 0 spiro atoms. The number of hydrogen-bond acceptors (Lipinski definition) is 2. The van der Waals surface area contributed by atoms with E-state index in [1.807, 2.05) is 27.7 Å². The Kier molecular flexibility index (Phi) is 8.89. The topological polar surface area (TPSA) is 12.5 Å². The van der Waals surface area contributed by atoms with Crippen LogP contribution in [-0.4, -0.2) is 37.7 Å². The Morgan fingerprint density at radius 2 is 1.47 bits per heavy atom. The summed E-state index contributed by atoms with van der Waals surface area (Å²) in [6.07, 6.45) is 2.72. The first-order valence-electron chi connectivity index (χ1n) is 7.46. The van der Waals surface area contributed by atoms with Crippen molar-refractivity contribution in [2.24, 2.45) is 11.3 Å². The number of likely N-dealkylation sites (tertiary alicyclic amines) is 1. The van der Waals surface area contributed by atoms with Crippen LogP contribution < -0.4 is 0 Å². The summed E-state index contributed by atoms with van der Waals surface area (Å²) in [7, 11) is 0. The highest BCUT2D eigenvalue weighted by Gasteiger charge is 2.28. The van der Waals surface area contributed by atoms with Gasteiger partial charge in [0.2, 0.25) is 0 Å². The molecule has 2 nitrogen and oxygen atoms in total. The lowest BCUT2D eigenvalue weighted by atomic mass is 9.82. The molecule has 0 aromatic heterocycles. The van der Waals surface area contributed by atoms with Gasteiger partial charge in [0, 0.05) is 12.5 Å². The lowest BCUT2D eigenvalue weighted by Crippen LogP contribution is -2.44. The predicted molar refractivity (Wildman–Crippen MR) is 76.5 cm³/mol. The third-order valence-corrected chi connectivity index (χ3v) is 3.43. The molecule has 2 fully saturated rings. The second-order valence-corrected chi connectivity index (χ2v) is 5.37. The van der Waals surface area contributed by atoms with Crippen molar-refractivity contribution in [3.63, 3.8) is 0 Å². The lowest BCUT2D eigenvalue weighted by molar-refractivity contribution is -0.0517. The SMILES string of the molecule is CC.CC.CC1(C)CCN(CC2COC2)CC1. The summed E-state index contributed by atoms with van der Waals surface area (Å²) in [5, 5.41) is 0. The van der Waals surface area contributed by atoms with Gasteiger partial charge in [-0.1, -0.05) is 41.5 Å². The van der Waals surface area contributed by atoms with E-state index in [9.17, 15) is 0 Å². The molecule has 0 radical (unpaired) electrons. The van der Waals surface area contributed by atoms with Crippen LogP contribution in [0.25, 0.3) is 0 Å². The fourth-order valence-electron chi connectivity index (χ4n) is 2.10. The highest BCUT2D eigenvalue weighted by atomic mass is 16.5. The predicted octanol–water partition coefficient (Wildman–Crippen LogP) is 3.81. The number of nitrogens with zero attached hydrogens (tertiary/aromatic N) is 1. The molecule has 2 saturated heterocycles. The number of hydrogen-bond donors (Lipinski definition) is 0. The maximum Gasteiger partial charge on any atom is 0.0528 e. The first-order valence-corrected chi connectivity index (χ1v) is 7.46. The molecule has 0 aliphatic carbocycles. The molecule has 0 aromatic rings. The molecule has 0 atom stereocenters. The Hall–Kier alpha value is -0.0800. The fourth-order valence-corrected chi connectivity index (χ4v) is 2.10. The van der Waals surface area contributed by atoms with Gasteiger partial charge in [0.1, 0.15) is 0 Å². The van der Waals surface area contributed by atoms with Crippen molar-refractivity contribution < 1.29 is 4.74 Å². The number of piperidine rings is 1. The first kappa shape index (κ1) is 16.9. The van der Waals surface area contributed by atoms with Crippen molar-refractivity contribution in [3.8, 4) is 0 Å². The molecule has 0 N–H and O–H groups in total. The van der Waals surface area contributed by atoms with Crippen LogP contribution in [0.5, 0.6) is 0 Å². The van der Waals surface area contributed by atoms with E-state index >= 15 is 0 Å². The summed E-state index contributed by atoms with van der Waals surface area (Å²) in [4.78, 5) is 2.61. The number of ether oxygens (including phenoxy) is 1. The van der Waals surface area contributed by atoms with Crippen LogP contribution in [0.2, 0.25) is 0 Å². The van der Waals surface area contributed by atoms with Gasteiger partial charge < -0.3 is 9.64 Å². The molecule has 2 aliphatic rings. The fraction of sp³-hybridized carbons (Fsp3) is 1.00. The van der Waals surface area contributed by atoms with Gasteiger partial charge in [-0.15, -0.1) is 0 Å². The summed E-state index contributed by atoms with van der Waals surface area (Å²) in [6.45, 7) is 18.6. The van der Waals surface area contributed by atoms with Crippen LogP contribution in [0.4, 0.5) is 0 Å². The molecule has 17 heavy (non-hydrogen) atoms. The van der Waals surface area contributed by atoms with Crippen molar-refractivity contribution in [2.45, 2.75) is 54.4 Å². The van der Waals surface area contributed by atoms with E-state index in [0.29, 0.717) is 5.41 Å². The van der Waals surface area contributed by atoms with Crippen molar-refractivity contribution in [1.82, 2.24) is 4.90 Å². The zero-order chi connectivity index (χ0) is 13.3. The molecule has 2 heteroatoms. The Morgan fingerprint density at radius 3 is 1.82 bits per heavy atom. The highest BCUT2D eigenvalue weighted by molar-refractivity contribution is 4.80. The number of rotatable bonds is 2. The minimum absolute atomic E-state index is 0.590. The van der Waals surface area contributed by atoms with Crippen molar-refractivity contribution in [3.05, 3.63) is 0 Å². The normalized spacial score (nSPS) is 23.6. The molecule has 2 rings (SSSR count). The molecule has 0 aromatic carbocycles. The van der Waals surface area contributed by atoms with Crippen LogP contribution in [0.1, 0.15) is 54.4 Å². The zero-order valence-electron chi connectivity index (χ0n) is 12.9. The van der Waals surface area contributed by atoms with Crippen molar-refractivity contribution >= 4 is 0 Å². The molecule has 2 aliphatic heterocycles. The Morgan fingerprint density at radius 1 is 1.00 bits per heavy atom. The Bertz CT molecular complexity index is 166. The van der Waals surface area contributed by atoms with E-state index in [4.69, 9.17) is 4.74 Å². The second kappa shape index (κ2) is 8.93. The first-order chi connectivity index (χ1) is 8.16. The van der Waals surface area contributed by atoms with Gasteiger partial charge in [-0.3, -0.25) is 0 Å². The molecule has 0 saturated carbocycles. The van der Waals surface area contributed by atoms with Crippen molar-refractivity contribution in [1.29, 1.82) is 0 Å². The van der Waals surface area contributed by atoms with Crippen LogP contribution in [0.15, 0.2) is 0 Å². The molecule has 104 valence electrons. The van der Waals surface area contributed by atoms with Gasteiger partial charge >= 0.3 is 0 Å². The Labute approximate surface area is 109 Å². The third kappa shape index (κ3) is 6.42. The maximum atomic E-state index is 5.19. The minimum Gasteiger partial charge on any atom is -0.381 e. The molecular formula is C15H33NO. The van der Waals surface area contributed by atoms with Gasteiger partial charge in [0.25, 0.3) is 0 Å². The monoisotopic (exact) mass is 243 g/mol. The summed E-state index contributed by atoms with van der Waals surface area (Å²) in [6, 6.07) is 0. The Balaban J connectivity index is 0.000000581. The molecule has 2 heterocycles. The third-order valence-electron chi connectivity index (χ3n) is 3.43. The van der Waals surface area contributed by atoms with Gasteiger partial charge in [0.15, 0.2) is 0 Å². The quantitative estimate of drug-likeness (QED) is 0.731. The van der Waals surface area contributed by atoms with Crippen LogP contribution in [0.3, 0.4) is 0 Å². The van der Waals surface area contributed by atoms with Gasteiger partial charge in [-0.25, -0.2) is 0 Å². The van der Waals surface area contributed by atoms with Crippen LogP contribution >= 0.6 is 0 Å². The average Bonchev–Trinajstić information content (AvgIpc) is 2.31. The maximum absolute atomic E-state index is 5.19. The lowest BCUT2D eigenvalue weighted by Gasteiger charge is -2.40. The van der Waals surface area contributed by atoms with E-state index in [0.717, 1.165) is 19.1 Å². The minimum atomic E-state index is 0.590. The van der Waals surface area contributed by atoms with Gasteiger partial charge in [0.05, 0.1) is 13.2 Å². The summed E-state index contributed by atoms with van der Waals surface area (Å²) >= 11 is 0. The van der Waals surface area contributed by atoms with Crippen LogP contribution in [-0.2, 0) is 4.74 Å².